The first-order valence-electron chi connectivity index (χ1n) is 8.55. The first-order valence-corrected chi connectivity index (χ1v) is 8.55. The molecular weight excluding hydrogens is 298 g/mol. The van der Waals surface area contributed by atoms with E-state index >= 15 is 0 Å². The van der Waals surface area contributed by atoms with E-state index in [2.05, 4.69) is 45.6 Å². The molecule has 2 aromatic rings. The molecule has 1 aliphatic rings. The van der Waals surface area contributed by atoms with Gasteiger partial charge in [0, 0.05) is 40.3 Å². The second-order valence-electron chi connectivity index (χ2n) is 7.07. The van der Waals surface area contributed by atoms with Crippen molar-refractivity contribution in [3.8, 4) is 0 Å². The fourth-order valence-electron chi connectivity index (χ4n) is 3.10. The summed E-state index contributed by atoms with van der Waals surface area (Å²) in [5.41, 5.74) is 1.44. The lowest BCUT2D eigenvalue weighted by atomic mass is 9.76. The predicted octanol–water partition coefficient (Wildman–Crippen LogP) is 3.04. The van der Waals surface area contributed by atoms with Crippen molar-refractivity contribution in [3.63, 3.8) is 0 Å². The fourth-order valence-corrected chi connectivity index (χ4v) is 3.10. The van der Waals surface area contributed by atoms with Crippen molar-refractivity contribution in [3.05, 3.63) is 42.0 Å². The third kappa shape index (κ3) is 3.96. The van der Waals surface area contributed by atoms with E-state index < -0.39 is 0 Å². The average molecular weight is 325 g/mol. The van der Waals surface area contributed by atoms with E-state index in [0.717, 1.165) is 23.5 Å². The lowest BCUT2D eigenvalue weighted by Crippen LogP contribution is -2.37. The van der Waals surface area contributed by atoms with Crippen LogP contribution in [0.4, 0.5) is 17.6 Å². The van der Waals surface area contributed by atoms with Crippen molar-refractivity contribution in [2.75, 3.05) is 43.3 Å². The van der Waals surface area contributed by atoms with Gasteiger partial charge in [0.05, 0.1) is 0 Å². The summed E-state index contributed by atoms with van der Waals surface area (Å²) in [6, 6.07) is 13.3. The van der Waals surface area contributed by atoms with Crippen LogP contribution in [0.5, 0.6) is 0 Å². The second-order valence-corrected chi connectivity index (χ2v) is 7.07. The van der Waals surface area contributed by atoms with Gasteiger partial charge in [-0.1, -0.05) is 30.3 Å². The van der Waals surface area contributed by atoms with Crippen LogP contribution in [0.1, 0.15) is 18.4 Å². The molecule has 1 heterocycles. The molecule has 1 aliphatic carbocycles. The van der Waals surface area contributed by atoms with Crippen LogP contribution in [0, 0.1) is 5.92 Å². The molecule has 0 spiro atoms. The number of aromatic nitrogens is 2. The van der Waals surface area contributed by atoms with E-state index in [1.165, 1.54) is 24.8 Å². The minimum absolute atomic E-state index is 0.513. The highest BCUT2D eigenvalue weighted by atomic mass is 15.3. The molecule has 0 amide bonds. The molecule has 0 bridgehead atoms. The summed E-state index contributed by atoms with van der Waals surface area (Å²) in [5, 5.41) is 3.58. The summed E-state index contributed by atoms with van der Waals surface area (Å²) in [5.74, 6) is 3.36. The summed E-state index contributed by atoms with van der Waals surface area (Å²) < 4.78 is 0. The maximum atomic E-state index is 4.62. The molecule has 5 nitrogen and oxygen atoms in total. The van der Waals surface area contributed by atoms with Crippen LogP contribution < -0.4 is 15.1 Å². The van der Waals surface area contributed by atoms with E-state index in [-0.39, 0.29) is 0 Å². The SMILES string of the molecule is CN(C)c1cc(NC2CC(Cc3ccccc3)C2)nc(N(C)C)n1. The Morgan fingerprint density at radius 3 is 2.33 bits per heavy atom. The minimum atomic E-state index is 0.513. The monoisotopic (exact) mass is 325 g/mol. The van der Waals surface area contributed by atoms with Crippen LogP contribution >= 0.6 is 0 Å². The molecule has 0 radical (unpaired) electrons. The highest BCUT2D eigenvalue weighted by Gasteiger charge is 2.29. The van der Waals surface area contributed by atoms with Gasteiger partial charge in [0.1, 0.15) is 11.6 Å². The summed E-state index contributed by atoms with van der Waals surface area (Å²) in [6.07, 6.45) is 3.58. The van der Waals surface area contributed by atoms with Gasteiger partial charge in [0.2, 0.25) is 5.95 Å². The van der Waals surface area contributed by atoms with Gasteiger partial charge < -0.3 is 15.1 Å². The quantitative estimate of drug-likeness (QED) is 0.884. The van der Waals surface area contributed by atoms with E-state index in [9.17, 15) is 0 Å². The highest BCUT2D eigenvalue weighted by molar-refractivity contribution is 5.53. The van der Waals surface area contributed by atoms with Crippen molar-refractivity contribution < 1.29 is 0 Å². The van der Waals surface area contributed by atoms with Crippen molar-refractivity contribution in [2.45, 2.75) is 25.3 Å². The summed E-state index contributed by atoms with van der Waals surface area (Å²) >= 11 is 0. The van der Waals surface area contributed by atoms with Crippen LogP contribution in [-0.2, 0) is 6.42 Å². The van der Waals surface area contributed by atoms with Crippen LogP contribution in [0.3, 0.4) is 0 Å². The molecule has 128 valence electrons. The fraction of sp³-hybridized carbons (Fsp3) is 0.474. The van der Waals surface area contributed by atoms with Gasteiger partial charge in [0.15, 0.2) is 0 Å². The van der Waals surface area contributed by atoms with Crippen molar-refractivity contribution >= 4 is 17.6 Å². The number of anilines is 3. The number of hydrogen-bond acceptors (Lipinski definition) is 5. The zero-order chi connectivity index (χ0) is 17.1. The Morgan fingerprint density at radius 2 is 1.71 bits per heavy atom. The third-order valence-corrected chi connectivity index (χ3v) is 4.51. The van der Waals surface area contributed by atoms with Crippen LogP contribution in [0.25, 0.3) is 0 Å². The number of benzene rings is 1. The molecule has 0 aliphatic heterocycles. The van der Waals surface area contributed by atoms with Gasteiger partial charge in [0.25, 0.3) is 0 Å². The van der Waals surface area contributed by atoms with Crippen molar-refractivity contribution in [2.24, 2.45) is 5.92 Å². The molecule has 3 rings (SSSR count). The van der Waals surface area contributed by atoms with Gasteiger partial charge in [-0.3, -0.25) is 0 Å². The molecule has 1 saturated carbocycles. The molecule has 1 fully saturated rings. The second kappa shape index (κ2) is 7.07. The van der Waals surface area contributed by atoms with Crippen molar-refractivity contribution in [1.29, 1.82) is 0 Å². The Labute approximate surface area is 144 Å². The predicted molar refractivity (Wildman–Crippen MR) is 101 cm³/mol. The van der Waals surface area contributed by atoms with Gasteiger partial charge in [-0.05, 0) is 30.7 Å². The molecule has 24 heavy (non-hydrogen) atoms. The topological polar surface area (TPSA) is 44.3 Å². The van der Waals surface area contributed by atoms with E-state index in [1.54, 1.807) is 0 Å². The van der Waals surface area contributed by atoms with Gasteiger partial charge in [-0.15, -0.1) is 0 Å². The summed E-state index contributed by atoms with van der Waals surface area (Å²) in [4.78, 5) is 13.1. The first kappa shape index (κ1) is 16.6. The Kier molecular flexibility index (Phi) is 4.88. The Bertz CT molecular complexity index is 636. The van der Waals surface area contributed by atoms with Crippen molar-refractivity contribution in [1.82, 2.24) is 9.97 Å². The zero-order valence-corrected chi connectivity index (χ0v) is 15.0. The first-order chi connectivity index (χ1) is 11.5. The largest absolute Gasteiger partial charge is 0.367 e. The number of rotatable bonds is 6. The molecule has 0 atom stereocenters. The molecule has 5 heteroatoms. The molecular formula is C19H27N5. The normalized spacial score (nSPS) is 19.5. The van der Waals surface area contributed by atoms with E-state index in [4.69, 9.17) is 0 Å². The molecule has 1 aromatic carbocycles. The minimum Gasteiger partial charge on any atom is -0.367 e. The number of hydrogen-bond donors (Lipinski definition) is 1. The lowest BCUT2D eigenvalue weighted by Gasteiger charge is -2.36. The van der Waals surface area contributed by atoms with E-state index in [1.807, 2.05) is 44.1 Å². The smallest absolute Gasteiger partial charge is 0.228 e. The lowest BCUT2D eigenvalue weighted by molar-refractivity contribution is 0.281. The third-order valence-electron chi connectivity index (χ3n) is 4.51. The van der Waals surface area contributed by atoms with Gasteiger partial charge in [-0.2, -0.15) is 9.97 Å². The molecule has 0 unspecified atom stereocenters. The molecule has 1 aromatic heterocycles. The summed E-state index contributed by atoms with van der Waals surface area (Å²) in [7, 11) is 7.95. The molecule has 1 N–H and O–H groups in total. The van der Waals surface area contributed by atoms with Crippen LogP contribution in [0.15, 0.2) is 36.4 Å². The Morgan fingerprint density at radius 1 is 1.00 bits per heavy atom. The number of nitrogens with one attached hydrogen (secondary N) is 1. The standard InChI is InChI=1S/C19H27N5/c1-23(2)18-13-17(21-19(22-18)24(3)4)20-16-11-15(12-16)10-14-8-6-5-7-9-14/h5-9,13,15-16H,10-12H2,1-4H3,(H,20,21,22). The Hall–Kier alpha value is -2.30. The maximum Gasteiger partial charge on any atom is 0.228 e. The van der Waals surface area contributed by atoms with Crippen LogP contribution in [-0.4, -0.2) is 44.2 Å². The van der Waals surface area contributed by atoms with Crippen LogP contribution in [0.2, 0.25) is 0 Å². The highest BCUT2D eigenvalue weighted by Crippen LogP contribution is 2.33. The van der Waals surface area contributed by atoms with Gasteiger partial charge in [-0.25, -0.2) is 0 Å². The zero-order valence-electron chi connectivity index (χ0n) is 15.0. The number of nitrogens with zero attached hydrogens (tertiary/aromatic N) is 4. The summed E-state index contributed by atoms with van der Waals surface area (Å²) in [6.45, 7) is 0. The molecule has 0 saturated heterocycles. The Balaban J connectivity index is 1.59. The van der Waals surface area contributed by atoms with Gasteiger partial charge >= 0.3 is 0 Å². The van der Waals surface area contributed by atoms with E-state index in [0.29, 0.717) is 6.04 Å². The maximum absolute atomic E-state index is 4.62. The average Bonchev–Trinajstić information content (AvgIpc) is 2.53.